The molecule has 0 aromatic heterocycles. The zero-order valence-electron chi connectivity index (χ0n) is 18.2. The van der Waals surface area contributed by atoms with Gasteiger partial charge in [0.15, 0.2) is 6.61 Å². The average molecular weight is 431 g/mol. The van der Waals surface area contributed by atoms with Crippen LogP contribution in [0.15, 0.2) is 42.5 Å². The molecule has 0 unspecified atom stereocenters. The Kier molecular flexibility index (Phi) is 9.18. The molecule has 1 N–H and O–H groups in total. The standard InChI is InChI=1S/C24H31ClN2O3/c1-5-13-26-24(29)21(6-2)27(15-19-9-7-8-10-20(19)25)23(28)16-30-22-12-11-17(3)14-18(22)4/h7-12,14,21H,5-6,13,15-16H2,1-4H3,(H,26,29)/t21-/m0/s1. The van der Waals surface area contributed by atoms with Crippen molar-refractivity contribution in [3.05, 3.63) is 64.2 Å². The highest BCUT2D eigenvalue weighted by Crippen LogP contribution is 2.21. The van der Waals surface area contributed by atoms with E-state index in [2.05, 4.69) is 5.32 Å². The quantitative estimate of drug-likeness (QED) is 0.595. The molecule has 0 bridgehead atoms. The van der Waals surface area contributed by atoms with E-state index >= 15 is 0 Å². The van der Waals surface area contributed by atoms with Crippen molar-refractivity contribution in [2.24, 2.45) is 0 Å². The fraction of sp³-hybridized carbons (Fsp3) is 0.417. The van der Waals surface area contributed by atoms with Crippen LogP contribution >= 0.6 is 11.6 Å². The number of benzene rings is 2. The van der Waals surface area contributed by atoms with Gasteiger partial charge in [-0.15, -0.1) is 0 Å². The number of ether oxygens (including phenoxy) is 1. The SMILES string of the molecule is CCCNC(=O)[C@H](CC)N(Cc1ccccc1Cl)C(=O)COc1ccc(C)cc1C. The van der Waals surface area contributed by atoms with Gasteiger partial charge in [-0.2, -0.15) is 0 Å². The Morgan fingerprint density at radius 1 is 1.13 bits per heavy atom. The minimum atomic E-state index is -0.594. The van der Waals surface area contributed by atoms with Crippen LogP contribution in [-0.4, -0.2) is 35.9 Å². The van der Waals surface area contributed by atoms with Crippen LogP contribution in [0, 0.1) is 13.8 Å². The van der Waals surface area contributed by atoms with Crippen molar-refractivity contribution in [2.45, 2.75) is 53.1 Å². The van der Waals surface area contributed by atoms with Crippen LogP contribution in [0.2, 0.25) is 5.02 Å². The Hall–Kier alpha value is -2.53. The first-order valence-electron chi connectivity index (χ1n) is 10.4. The van der Waals surface area contributed by atoms with Crippen molar-refractivity contribution < 1.29 is 14.3 Å². The van der Waals surface area contributed by atoms with Gasteiger partial charge in [0, 0.05) is 18.1 Å². The molecule has 2 aromatic carbocycles. The molecule has 30 heavy (non-hydrogen) atoms. The maximum atomic E-state index is 13.2. The summed E-state index contributed by atoms with van der Waals surface area (Å²) in [6.07, 6.45) is 1.33. The highest BCUT2D eigenvalue weighted by molar-refractivity contribution is 6.31. The second-order valence-electron chi connectivity index (χ2n) is 7.39. The molecule has 0 aliphatic rings. The lowest BCUT2D eigenvalue weighted by Gasteiger charge is -2.31. The van der Waals surface area contributed by atoms with Crippen LogP contribution in [0.4, 0.5) is 0 Å². The monoisotopic (exact) mass is 430 g/mol. The molecule has 0 aliphatic carbocycles. The van der Waals surface area contributed by atoms with E-state index < -0.39 is 6.04 Å². The third-order valence-electron chi connectivity index (χ3n) is 4.92. The number of nitrogens with one attached hydrogen (secondary N) is 1. The van der Waals surface area contributed by atoms with Gasteiger partial charge in [0.2, 0.25) is 5.91 Å². The number of halogens is 1. The maximum Gasteiger partial charge on any atom is 0.261 e. The van der Waals surface area contributed by atoms with Gasteiger partial charge in [0.25, 0.3) is 5.91 Å². The fourth-order valence-corrected chi connectivity index (χ4v) is 3.47. The second-order valence-corrected chi connectivity index (χ2v) is 7.79. The molecule has 1 atom stereocenters. The lowest BCUT2D eigenvalue weighted by Crippen LogP contribution is -2.50. The summed E-state index contributed by atoms with van der Waals surface area (Å²) in [6.45, 7) is 8.51. The zero-order chi connectivity index (χ0) is 22.1. The number of aryl methyl sites for hydroxylation is 2. The molecule has 2 rings (SSSR count). The van der Waals surface area contributed by atoms with Crippen LogP contribution in [0.5, 0.6) is 5.75 Å². The van der Waals surface area contributed by atoms with Gasteiger partial charge in [0.05, 0.1) is 0 Å². The van der Waals surface area contributed by atoms with Crippen molar-refractivity contribution in [1.29, 1.82) is 0 Å². The van der Waals surface area contributed by atoms with Gasteiger partial charge in [-0.3, -0.25) is 9.59 Å². The molecular formula is C24H31ClN2O3. The number of hydrogen-bond donors (Lipinski definition) is 1. The number of carbonyl (C=O) groups excluding carboxylic acids is 2. The predicted molar refractivity (Wildman–Crippen MR) is 121 cm³/mol. The minimum Gasteiger partial charge on any atom is -0.483 e. The smallest absolute Gasteiger partial charge is 0.261 e. The van der Waals surface area contributed by atoms with E-state index in [4.69, 9.17) is 16.3 Å². The summed E-state index contributed by atoms with van der Waals surface area (Å²) < 4.78 is 5.80. The summed E-state index contributed by atoms with van der Waals surface area (Å²) in [5.74, 6) is 0.245. The summed E-state index contributed by atoms with van der Waals surface area (Å²) in [7, 11) is 0. The van der Waals surface area contributed by atoms with Gasteiger partial charge in [-0.1, -0.05) is 61.3 Å². The van der Waals surface area contributed by atoms with Gasteiger partial charge < -0.3 is 15.0 Å². The Bertz CT molecular complexity index is 869. The number of rotatable bonds is 10. The Morgan fingerprint density at radius 2 is 1.87 bits per heavy atom. The fourth-order valence-electron chi connectivity index (χ4n) is 3.28. The topological polar surface area (TPSA) is 58.6 Å². The summed E-state index contributed by atoms with van der Waals surface area (Å²) in [6, 6.07) is 12.6. The highest BCUT2D eigenvalue weighted by atomic mass is 35.5. The Labute approximate surface area is 184 Å². The molecule has 2 aromatic rings. The summed E-state index contributed by atoms with van der Waals surface area (Å²) in [5.41, 5.74) is 2.89. The molecule has 6 heteroatoms. The van der Waals surface area contributed by atoms with Gasteiger partial charge in [-0.25, -0.2) is 0 Å². The molecule has 5 nitrogen and oxygen atoms in total. The minimum absolute atomic E-state index is 0.147. The van der Waals surface area contributed by atoms with Crippen molar-refractivity contribution in [3.63, 3.8) is 0 Å². The van der Waals surface area contributed by atoms with Gasteiger partial charge >= 0.3 is 0 Å². The lowest BCUT2D eigenvalue weighted by molar-refractivity contribution is -0.143. The molecule has 0 radical (unpaired) electrons. The maximum absolute atomic E-state index is 13.2. The molecule has 0 fully saturated rings. The van der Waals surface area contributed by atoms with E-state index in [1.807, 2.05) is 64.1 Å². The predicted octanol–water partition coefficient (Wildman–Crippen LogP) is 4.67. The largest absolute Gasteiger partial charge is 0.483 e. The van der Waals surface area contributed by atoms with Crippen LogP contribution in [-0.2, 0) is 16.1 Å². The first-order chi connectivity index (χ1) is 14.4. The zero-order valence-corrected chi connectivity index (χ0v) is 19.0. The second kappa shape index (κ2) is 11.6. The molecule has 0 spiro atoms. The summed E-state index contributed by atoms with van der Waals surface area (Å²) in [4.78, 5) is 27.5. The van der Waals surface area contributed by atoms with Gasteiger partial charge in [-0.05, 0) is 49.9 Å². The van der Waals surface area contributed by atoms with E-state index in [0.29, 0.717) is 23.7 Å². The highest BCUT2D eigenvalue weighted by Gasteiger charge is 2.29. The molecular weight excluding hydrogens is 400 g/mol. The Balaban J connectivity index is 2.22. The van der Waals surface area contributed by atoms with E-state index in [-0.39, 0.29) is 25.0 Å². The van der Waals surface area contributed by atoms with Crippen LogP contribution in [0.3, 0.4) is 0 Å². The lowest BCUT2D eigenvalue weighted by atomic mass is 10.1. The van der Waals surface area contributed by atoms with E-state index in [1.54, 1.807) is 11.0 Å². The van der Waals surface area contributed by atoms with E-state index in [1.165, 1.54) is 0 Å². The van der Waals surface area contributed by atoms with Crippen LogP contribution in [0.1, 0.15) is 43.4 Å². The van der Waals surface area contributed by atoms with Crippen molar-refractivity contribution >= 4 is 23.4 Å². The molecule has 0 saturated carbocycles. The summed E-state index contributed by atoms with van der Waals surface area (Å²) in [5, 5.41) is 3.47. The number of amides is 2. The Morgan fingerprint density at radius 3 is 2.50 bits per heavy atom. The third kappa shape index (κ3) is 6.49. The van der Waals surface area contributed by atoms with E-state index in [9.17, 15) is 9.59 Å². The van der Waals surface area contributed by atoms with Crippen molar-refractivity contribution in [2.75, 3.05) is 13.2 Å². The molecule has 0 aliphatic heterocycles. The molecule has 2 amide bonds. The number of carbonyl (C=O) groups is 2. The first-order valence-corrected chi connectivity index (χ1v) is 10.8. The first kappa shape index (κ1) is 23.7. The van der Waals surface area contributed by atoms with Gasteiger partial charge in [0.1, 0.15) is 11.8 Å². The number of hydrogen-bond acceptors (Lipinski definition) is 3. The normalized spacial score (nSPS) is 11.6. The van der Waals surface area contributed by atoms with E-state index in [0.717, 1.165) is 23.1 Å². The number of nitrogens with zero attached hydrogens (tertiary/aromatic N) is 1. The third-order valence-corrected chi connectivity index (χ3v) is 5.28. The van der Waals surface area contributed by atoms with Crippen LogP contribution in [0.25, 0.3) is 0 Å². The van der Waals surface area contributed by atoms with Crippen molar-refractivity contribution in [1.82, 2.24) is 10.2 Å². The summed E-state index contributed by atoms with van der Waals surface area (Å²) >= 11 is 6.32. The average Bonchev–Trinajstić information content (AvgIpc) is 2.72. The molecule has 0 heterocycles. The van der Waals surface area contributed by atoms with Crippen molar-refractivity contribution in [3.8, 4) is 5.75 Å². The molecule has 162 valence electrons. The van der Waals surface area contributed by atoms with Crippen LogP contribution < -0.4 is 10.1 Å². The molecule has 0 saturated heterocycles.